The molecule has 0 saturated carbocycles. The van der Waals surface area contributed by atoms with Gasteiger partial charge in [-0.3, -0.25) is 31.1 Å². The van der Waals surface area contributed by atoms with Gasteiger partial charge < -0.3 is 28.4 Å². The van der Waals surface area contributed by atoms with Crippen LogP contribution in [0.4, 0.5) is 22.7 Å². The second-order valence-electron chi connectivity index (χ2n) is 26.5. The lowest BCUT2D eigenvalue weighted by Gasteiger charge is -2.17. The van der Waals surface area contributed by atoms with Gasteiger partial charge in [0.15, 0.2) is 0 Å². The molecule has 0 unspecified atom stereocenters. The van der Waals surface area contributed by atoms with E-state index >= 15 is 0 Å². The Balaban J connectivity index is 1.67. The van der Waals surface area contributed by atoms with Gasteiger partial charge >= 0.3 is 0 Å². The molecule has 0 aromatic heterocycles. The third-order valence-electron chi connectivity index (χ3n) is 17.8. The van der Waals surface area contributed by atoms with Crippen molar-refractivity contribution in [3.05, 3.63) is 139 Å². The fourth-order valence-corrected chi connectivity index (χ4v) is 11.7. The number of nitro groups is 2. The minimum absolute atomic E-state index is 0.00887. The van der Waals surface area contributed by atoms with Crippen molar-refractivity contribution in [2.24, 2.45) is 10.2 Å². The maximum Gasteiger partial charge on any atom is 0.269 e. The zero-order valence-corrected chi connectivity index (χ0v) is 62.1. The molecule has 100 heavy (non-hydrogen) atoms. The number of hydrogen-bond acceptors (Lipinski definition) is 14. The van der Waals surface area contributed by atoms with Crippen molar-refractivity contribution >= 4 is 59.5 Å². The van der Waals surface area contributed by atoms with Gasteiger partial charge in [-0.15, -0.1) is 0 Å². The standard InChI is InChI=1S/C84H124N6O10/c1-7-13-19-25-31-37-55-95-79-61-70(44-46-72-64-84(100-60-42-36-30-24-18-12-6)74(66-82(72)98-58-40-34-28-22-16-10-4)68-86-88-76-49-53-78(54-50-76)90(93)94)80(96-56-38-32-26-20-14-8-2)62-69(79)43-45-71-63-83(99-59-41-35-29-23-17-11-5)73(65-81(71)97-57-39-33-27-21-15-9-3)67-85-87-75-47-51-77(52-48-75)89(91)92/h43-54,61-68,87-88H,7-42,55-60H2,1-6H3/b45-43+,46-44+,85-67+,86-68+. The van der Waals surface area contributed by atoms with Crippen molar-refractivity contribution in [2.45, 2.75) is 273 Å². The summed E-state index contributed by atoms with van der Waals surface area (Å²) in [6, 6.07) is 24.8. The van der Waals surface area contributed by atoms with E-state index in [1.165, 1.54) is 140 Å². The molecule has 0 atom stereocenters. The number of benzene rings is 5. The van der Waals surface area contributed by atoms with E-state index < -0.39 is 9.85 Å². The number of hydrogen-bond donors (Lipinski definition) is 2. The van der Waals surface area contributed by atoms with Crippen molar-refractivity contribution in [1.82, 2.24) is 0 Å². The molecule has 16 heteroatoms. The van der Waals surface area contributed by atoms with Gasteiger partial charge in [-0.2, -0.15) is 10.2 Å². The molecule has 0 aliphatic heterocycles. The van der Waals surface area contributed by atoms with Crippen LogP contribution < -0.4 is 39.3 Å². The van der Waals surface area contributed by atoms with Crippen LogP contribution in [0.2, 0.25) is 0 Å². The fraction of sp³-hybridized carbons (Fsp3) is 0.571. The Morgan fingerprint density at radius 2 is 0.480 bits per heavy atom. The molecule has 5 rings (SSSR count). The van der Waals surface area contributed by atoms with Crippen molar-refractivity contribution in [3.8, 4) is 34.5 Å². The van der Waals surface area contributed by atoms with E-state index in [9.17, 15) is 20.2 Å². The van der Waals surface area contributed by atoms with E-state index in [2.05, 4.69) is 111 Å². The van der Waals surface area contributed by atoms with Gasteiger partial charge in [-0.05, 0) is 99.2 Å². The number of non-ortho nitro benzene ring substituents is 2. The molecule has 0 bridgehead atoms. The number of ether oxygens (including phenoxy) is 6. The topological polar surface area (TPSA) is 190 Å². The minimum atomic E-state index is -0.410. The third kappa shape index (κ3) is 34.5. The van der Waals surface area contributed by atoms with Crippen LogP contribution in [0.3, 0.4) is 0 Å². The second kappa shape index (κ2) is 53.0. The third-order valence-corrected chi connectivity index (χ3v) is 17.8. The van der Waals surface area contributed by atoms with Crippen LogP contribution in [-0.2, 0) is 0 Å². The molecule has 0 radical (unpaired) electrons. The Bertz CT molecular complexity index is 2940. The molecule has 5 aromatic rings. The highest BCUT2D eigenvalue weighted by atomic mass is 16.6. The first-order chi connectivity index (χ1) is 49.1. The van der Waals surface area contributed by atoms with Crippen LogP contribution >= 0.6 is 0 Å². The first-order valence-corrected chi connectivity index (χ1v) is 38.8. The number of anilines is 2. The summed E-state index contributed by atoms with van der Waals surface area (Å²) in [5, 5.41) is 32.1. The Hall–Kier alpha value is -7.88. The molecule has 2 N–H and O–H groups in total. The highest BCUT2D eigenvalue weighted by molar-refractivity contribution is 5.89. The first-order valence-electron chi connectivity index (χ1n) is 38.8. The van der Waals surface area contributed by atoms with Gasteiger partial charge in [0.1, 0.15) is 34.5 Å². The Morgan fingerprint density at radius 3 is 0.690 bits per heavy atom. The molecule has 0 fully saturated rings. The quantitative estimate of drug-likeness (QED) is 0.0123. The molecule has 5 aromatic carbocycles. The van der Waals surface area contributed by atoms with Crippen molar-refractivity contribution < 1.29 is 38.3 Å². The smallest absolute Gasteiger partial charge is 0.269 e. The molecule has 0 spiro atoms. The van der Waals surface area contributed by atoms with Crippen LogP contribution in [0.25, 0.3) is 24.3 Å². The summed E-state index contributed by atoms with van der Waals surface area (Å²) in [6.45, 7) is 16.7. The molecule has 550 valence electrons. The van der Waals surface area contributed by atoms with Crippen LogP contribution in [0, 0.1) is 20.2 Å². The predicted molar refractivity (Wildman–Crippen MR) is 419 cm³/mol. The van der Waals surface area contributed by atoms with Crippen LogP contribution in [0.5, 0.6) is 34.5 Å². The van der Waals surface area contributed by atoms with Gasteiger partial charge in [0, 0.05) is 57.6 Å². The zero-order valence-electron chi connectivity index (χ0n) is 62.1. The van der Waals surface area contributed by atoms with Crippen LogP contribution in [0.15, 0.2) is 95.1 Å². The summed E-state index contributed by atoms with van der Waals surface area (Å²) in [4.78, 5) is 22.1. The van der Waals surface area contributed by atoms with E-state index in [1.807, 2.05) is 12.1 Å². The summed E-state index contributed by atoms with van der Waals surface area (Å²) in [5.41, 5.74) is 12.3. The van der Waals surface area contributed by atoms with E-state index in [1.54, 1.807) is 36.7 Å². The lowest BCUT2D eigenvalue weighted by atomic mass is 10.0. The Kier molecular flexibility index (Phi) is 43.9. The van der Waals surface area contributed by atoms with Crippen LogP contribution in [0.1, 0.15) is 306 Å². The van der Waals surface area contributed by atoms with Crippen molar-refractivity contribution in [2.75, 3.05) is 50.5 Å². The molecule has 0 aliphatic carbocycles. The number of hydrazone groups is 2. The number of unbranched alkanes of at least 4 members (excludes halogenated alkanes) is 30. The molecule has 0 heterocycles. The minimum Gasteiger partial charge on any atom is -0.493 e. The van der Waals surface area contributed by atoms with Gasteiger partial charge in [0.25, 0.3) is 11.4 Å². The first kappa shape index (κ1) is 82.8. The highest BCUT2D eigenvalue weighted by Crippen LogP contribution is 2.37. The average Bonchev–Trinajstić information content (AvgIpc) is 0.817. The van der Waals surface area contributed by atoms with Gasteiger partial charge in [0.05, 0.1) is 73.3 Å². The summed E-state index contributed by atoms with van der Waals surface area (Å²) in [6.07, 6.45) is 52.6. The summed E-state index contributed by atoms with van der Waals surface area (Å²) < 4.78 is 40.8. The fourth-order valence-electron chi connectivity index (χ4n) is 11.7. The average molecular weight is 1380 g/mol. The monoisotopic (exact) mass is 1380 g/mol. The molecule has 0 saturated heterocycles. The normalized spacial score (nSPS) is 11.6. The molecule has 16 nitrogen and oxygen atoms in total. The number of rotatable bonds is 60. The summed E-state index contributed by atoms with van der Waals surface area (Å²) in [7, 11) is 0. The summed E-state index contributed by atoms with van der Waals surface area (Å²) >= 11 is 0. The SMILES string of the molecule is CCCCCCCCOc1cc(/C=C/c2cc(OCCCCCCCC)c(/C=N/Nc3ccc([N+](=O)[O-])cc3)cc2OCCCCCCCC)c(OCCCCCCCC)cc1/C=C/c1cc(OCCCCCCCC)c(/C=N/Nc2ccc([N+](=O)[O-])cc2)cc1OCCCCCCCC. The molecular weight excluding hydrogens is 1250 g/mol. The lowest BCUT2D eigenvalue weighted by molar-refractivity contribution is -0.385. The zero-order chi connectivity index (χ0) is 71.3. The van der Waals surface area contributed by atoms with Gasteiger partial charge in [0.2, 0.25) is 0 Å². The van der Waals surface area contributed by atoms with E-state index in [0.717, 1.165) is 160 Å². The van der Waals surface area contributed by atoms with Crippen molar-refractivity contribution in [3.63, 3.8) is 0 Å². The number of nitrogens with one attached hydrogen (secondary N) is 2. The second-order valence-corrected chi connectivity index (χ2v) is 26.5. The number of nitro benzene ring substituents is 2. The summed E-state index contributed by atoms with van der Waals surface area (Å²) in [5.74, 6) is 4.21. The Labute approximate surface area is 601 Å². The maximum absolute atomic E-state index is 11.4. The van der Waals surface area contributed by atoms with E-state index in [-0.39, 0.29) is 11.4 Å². The van der Waals surface area contributed by atoms with Crippen LogP contribution in [-0.4, -0.2) is 61.9 Å². The van der Waals surface area contributed by atoms with Gasteiger partial charge in [-0.1, -0.05) is 258 Å². The van der Waals surface area contributed by atoms with E-state index in [4.69, 9.17) is 28.4 Å². The Morgan fingerprint density at radius 1 is 0.290 bits per heavy atom. The highest BCUT2D eigenvalue weighted by Gasteiger charge is 2.17. The molecule has 0 amide bonds. The largest absolute Gasteiger partial charge is 0.493 e. The van der Waals surface area contributed by atoms with E-state index in [0.29, 0.717) is 74.0 Å². The van der Waals surface area contributed by atoms with Gasteiger partial charge in [-0.25, -0.2) is 0 Å². The molecule has 0 aliphatic rings. The number of nitrogens with zero attached hydrogens (tertiary/aromatic N) is 4. The van der Waals surface area contributed by atoms with Crippen molar-refractivity contribution in [1.29, 1.82) is 0 Å². The lowest BCUT2D eigenvalue weighted by Crippen LogP contribution is -2.05. The predicted octanol–water partition coefficient (Wildman–Crippen LogP) is 25.2. The maximum atomic E-state index is 11.4. The molecular formula is C84H124N6O10.